The van der Waals surface area contributed by atoms with E-state index in [9.17, 15) is 0 Å². The summed E-state index contributed by atoms with van der Waals surface area (Å²) < 4.78 is 7.43. The summed E-state index contributed by atoms with van der Waals surface area (Å²) in [6, 6.07) is 0.347. The van der Waals surface area contributed by atoms with E-state index < -0.39 is 0 Å². The van der Waals surface area contributed by atoms with Crippen LogP contribution in [-0.2, 0) is 7.05 Å². The Bertz CT molecular complexity index is 408. The fourth-order valence-corrected chi connectivity index (χ4v) is 3.75. The summed E-state index contributed by atoms with van der Waals surface area (Å²) in [4.78, 5) is 0. The van der Waals surface area contributed by atoms with Gasteiger partial charge in [-0.25, -0.2) is 0 Å². The van der Waals surface area contributed by atoms with Crippen molar-refractivity contribution in [2.45, 2.75) is 51.5 Å². The molecule has 0 bridgehead atoms. The molecule has 0 amide bonds. The summed E-state index contributed by atoms with van der Waals surface area (Å²) in [5, 5.41) is 7.84. The molecule has 20 heavy (non-hydrogen) atoms. The molecular formula is C16H29N3O. The van der Waals surface area contributed by atoms with E-state index in [1.807, 2.05) is 17.9 Å². The van der Waals surface area contributed by atoms with Gasteiger partial charge in [-0.1, -0.05) is 32.6 Å². The minimum atomic E-state index is 0.347. The van der Waals surface area contributed by atoms with Crippen molar-refractivity contribution >= 4 is 0 Å². The molecule has 1 aliphatic rings. The van der Waals surface area contributed by atoms with Gasteiger partial charge in [-0.2, -0.15) is 5.10 Å². The molecule has 4 nitrogen and oxygen atoms in total. The molecule has 0 saturated heterocycles. The van der Waals surface area contributed by atoms with Crippen LogP contribution < -0.4 is 10.1 Å². The lowest BCUT2D eigenvalue weighted by Gasteiger charge is -2.34. The van der Waals surface area contributed by atoms with Gasteiger partial charge in [0, 0.05) is 7.05 Å². The fourth-order valence-electron chi connectivity index (χ4n) is 3.75. The first kappa shape index (κ1) is 15.4. The summed E-state index contributed by atoms with van der Waals surface area (Å²) in [6.45, 7) is 2.29. The number of rotatable bonds is 6. The predicted octanol–water partition coefficient (Wildman–Crippen LogP) is 3.30. The van der Waals surface area contributed by atoms with Gasteiger partial charge in [0.25, 0.3) is 0 Å². The molecule has 114 valence electrons. The van der Waals surface area contributed by atoms with Crippen LogP contribution in [-0.4, -0.2) is 23.9 Å². The predicted molar refractivity (Wildman–Crippen MR) is 81.9 cm³/mol. The number of ether oxygens (including phenoxy) is 1. The molecule has 0 aromatic carbocycles. The van der Waals surface area contributed by atoms with Crippen molar-refractivity contribution in [2.24, 2.45) is 18.9 Å². The maximum atomic E-state index is 5.48. The number of nitrogens with zero attached hydrogens (tertiary/aromatic N) is 2. The Morgan fingerprint density at radius 3 is 2.65 bits per heavy atom. The third-order valence-electron chi connectivity index (χ3n) is 4.83. The van der Waals surface area contributed by atoms with Gasteiger partial charge in [-0.3, -0.25) is 4.68 Å². The monoisotopic (exact) mass is 279 g/mol. The highest BCUT2D eigenvalue weighted by Crippen LogP contribution is 2.40. The SMILES string of the molecule is CCCC1CCC(C(NC)c2c(OC)cnn2C)CC1. The van der Waals surface area contributed by atoms with Crippen LogP contribution in [0.4, 0.5) is 0 Å². The lowest BCUT2D eigenvalue weighted by atomic mass is 9.76. The van der Waals surface area contributed by atoms with E-state index >= 15 is 0 Å². The van der Waals surface area contributed by atoms with E-state index in [0.717, 1.165) is 11.7 Å². The summed E-state index contributed by atoms with van der Waals surface area (Å²) in [6.07, 6.45) is 9.90. The van der Waals surface area contributed by atoms with Crippen LogP contribution >= 0.6 is 0 Å². The van der Waals surface area contributed by atoms with E-state index in [1.165, 1.54) is 44.2 Å². The Balaban J connectivity index is 2.07. The molecule has 0 spiro atoms. The van der Waals surface area contributed by atoms with Crippen LogP contribution in [0.25, 0.3) is 0 Å². The van der Waals surface area contributed by atoms with Crippen molar-refractivity contribution in [1.82, 2.24) is 15.1 Å². The van der Waals surface area contributed by atoms with Crippen LogP contribution in [0, 0.1) is 11.8 Å². The Morgan fingerprint density at radius 2 is 2.10 bits per heavy atom. The van der Waals surface area contributed by atoms with E-state index in [0.29, 0.717) is 12.0 Å². The van der Waals surface area contributed by atoms with Gasteiger partial charge in [0.05, 0.1) is 25.0 Å². The van der Waals surface area contributed by atoms with Crippen LogP contribution in [0.5, 0.6) is 5.75 Å². The maximum absolute atomic E-state index is 5.48. The average Bonchev–Trinajstić information content (AvgIpc) is 2.83. The maximum Gasteiger partial charge on any atom is 0.161 e. The first-order chi connectivity index (χ1) is 9.71. The molecule has 1 aliphatic carbocycles. The smallest absolute Gasteiger partial charge is 0.161 e. The standard InChI is InChI=1S/C16H29N3O/c1-5-6-12-7-9-13(10-8-12)15(17-2)16-14(20-4)11-18-19(16)3/h11-13,15,17H,5-10H2,1-4H3. The molecule has 1 N–H and O–H groups in total. The minimum absolute atomic E-state index is 0.347. The molecule has 1 unspecified atom stereocenters. The van der Waals surface area contributed by atoms with Gasteiger partial charge >= 0.3 is 0 Å². The van der Waals surface area contributed by atoms with E-state index in [-0.39, 0.29) is 0 Å². The third kappa shape index (κ3) is 3.17. The normalized spacial score (nSPS) is 24.6. The second-order valence-electron chi connectivity index (χ2n) is 6.06. The third-order valence-corrected chi connectivity index (χ3v) is 4.83. The number of aryl methyl sites for hydroxylation is 1. The van der Waals surface area contributed by atoms with Crippen molar-refractivity contribution in [3.63, 3.8) is 0 Å². The van der Waals surface area contributed by atoms with Crippen LogP contribution in [0.1, 0.15) is 57.2 Å². The molecule has 1 aromatic rings. The zero-order valence-corrected chi connectivity index (χ0v) is 13.4. The number of nitrogens with one attached hydrogen (secondary N) is 1. The van der Waals surface area contributed by atoms with Crippen LogP contribution in [0.2, 0.25) is 0 Å². The number of methoxy groups -OCH3 is 1. The molecule has 1 heterocycles. The second kappa shape index (κ2) is 7.11. The van der Waals surface area contributed by atoms with E-state index in [1.54, 1.807) is 7.11 Å². The summed E-state index contributed by atoms with van der Waals surface area (Å²) >= 11 is 0. The molecule has 4 heteroatoms. The van der Waals surface area contributed by atoms with Crippen molar-refractivity contribution in [1.29, 1.82) is 0 Å². The van der Waals surface area contributed by atoms with Gasteiger partial charge in [-0.05, 0) is 31.7 Å². The Kier molecular flexibility index (Phi) is 5.46. The quantitative estimate of drug-likeness (QED) is 0.868. The molecule has 2 rings (SSSR count). The highest BCUT2D eigenvalue weighted by atomic mass is 16.5. The number of hydrogen-bond donors (Lipinski definition) is 1. The average molecular weight is 279 g/mol. The lowest BCUT2D eigenvalue weighted by Crippen LogP contribution is -2.30. The van der Waals surface area contributed by atoms with Gasteiger partial charge < -0.3 is 10.1 Å². The Hall–Kier alpha value is -1.03. The van der Waals surface area contributed by atoms with Gasteiger partial charge in [-0.15, -0.1) is 0 Å². The van der Waals surface area contributed by atoms with E-state index in [4.69, 9.17) is 4.74 Å². The lowest BCUT2D eigenvalue weighted by molar-refractivity contribution is 0.212. The molecule has 1 fully saturated rings. The highest BCUT2D eigenvalue weighted by molar-refractivity contribution is 5.28. The molecule has 1 aromatic heterocycles. The topological polar surface area (TPSA) is 39.1 Å². The largest absolute Gasteiger partial charge is 0.493 e. The molecular weight excluding hydrogens is 250 g/mol. The van der Waals surface area contributed by atoms with Crippen molar-refractivity contribution in [2.75, 3.05) is 14.2 Å². The zero-order chi connectivity index (χ0) is 14.5. The molecule has 0 radical (unpaired) electrons. The molecule has 0 aliphatic heterocycles. The van der Waals surface area contributed by atoms with Gasteiger partial charge in [0.15, 0.2) is 5.75 Å². The van der Waals surface area contributed by atoms with Gasteiger partial charge in [0.2, 0.25) is 0 Å². The van der Waals surface area contributed by atoms with Crippen LogP contribution in [0.15, 0.2) is 6.20 Å². The zero-order valence-electron chi connectivity index (χ0n) is 13.4. The summed E-state index contributed by atoms with van der Waals surface area (Å²) in [5.41, 5.74) is 1.19. The Labute approximate surface area is 122 Å². The van der Waals surface area contributed by atoms with E-state index in [2.05, 4.69) is 24.4 Å². The highest BCUT2D eigenvalue weighted by Gasteiger charge is 2.31. The molecule has 1 saturated carbocycles. The van der Waals surface area contributed by atoms with Crippen molar-refractivity contribution < 1.29 is 4.74 Å². The summed E-state index contributed by atoms with van der Waals surface area (Å²) in [7, 11) is 5.78. The first-order valence-electron chi connectivity index (χ1n) is 7.94. The second-order valence-corrected chi connectivity index (χ2v) is 6.06. The number of hydrogen-bond acceptors (Lipinski definition) is 3. The fraction of sp³-hybridized carbons (Fsp3) is 0.812. The minimum Gasteiger partial charge on any atom is -0.493 e. The first-order valence-corrected chi connectivity index (χ1v) is 7.94. The summed E-state index contributed by atoms with van der Waals surface area (Å²) in [5.74, 6) is 2.54. The van der Waals surface area contributed by atoms with Crippen molar-refractivity contribution in [3.8, 4) is 5.75 Å². The number of aromatic nitrogens is 2. The Morgan fingerprint density at radius 1 is 1.40 bits per heavy atom. The van der Waals surface area contributed by atoms with Crippen LogP contribution in [0.3, 0.4) is 0 Å². The molecule has 1 atom stereocenters. The van der Waals surface area contributed by atoms with Gasteiger partial charge in [0.1, 0.15) is 0 Å². The van der Waals surface area contributed by atoms with Crippen molar-refractivity contribution in [3.05, 3.63) is 11.9 Å².